The zero-order valence-corrected chi connectivity index (χ0v) is 9.82. The van der Waals surface area contributed by atoms with Gasteiger partial charge in [0.15, 0.2) is 0 Å². The van der Waals surface area contributed by atoms with Crippen LogP contribution in [0.2, 0.25) is 0 Å². The van der Waals surface area contributed by atoms with Crippen LogP contribution < -0.4 is 5.32 Å². The largest absolute Gasteiger partial charge is 0.300 e. The van der Waals surface area contributed by atoms with Crippen molar-refractivity contribution in [2.75, 3.05) is 16.8 Å². The second-order valence-electron chi connectivity index (χ2n) is 2.64. The highest BCUT2D eigenvalue weighted by Crippen LogP contribution is 2.14. The van der Waals surface area contributed by atoms with Crippen LogP contribution in [-0.4, -0.2) is 27.6 Å². The van der Waals surface area contributed by atoms with Gasteiger partial charge in [0.25, 0.3) is 0 Å². The summed E-state index contributed by atoms with van der Waals surface area (Å²) in [5.74, 6) is 0.924. The number of thioether (sulfide) groups is 1. The second kappa shape index (κ2) is 6.37. The maximum absolute atomic E-state index is 11.3. The normalized spacial score (nSPS) is 9.60. The monoisotopic (exact) mass is 242 g/mol. The molecular formula is C8H10N4OS2. The summed E-state index contributed by atoms with van der Waals surface area (Å²) in [5, 5.41) is 19.8. The van der Waals surface area contributed by atoms with Gasteiger partial charge in [0, 0.05) is 12.2 Å². The van der Waals surface area contributed by atoms with Gasteiger partial charge in [-0.25, -0.2) is 0 Å². The van der Waals surface area contributed by atoms with Crippen LogP contribution in [0.15, 0.2) is 0 Å². The first-order valence-electron chi connectivity index (χ1n) is 4.27. The first kappa shape index (κ1) is 11.9. The number of carbonyl (C=O) groups is 1. The number of carbonyl (C=O) groups excluding carboxylic acids is 1. The number of aryl methyl sites for hydroxylation is 1. The Bertz CT molecular complexity index is 371. The molecule has 5 nitrogen and oxygen atoms in total. The Morgan fingerprint density at radius 1 is 1.67 bits per heavy atom. The summed E-state index contributed by atoms with van der Waals surface area (Å²) >= 11 is 2.78. The lowest BCUT2D eigenvalue weighted by Gasteiger charge is -1.98. The van der Waals surface area contributed by atoms with Crippen molar-refractivity contribution in [3.8, 4) is 6.07 Å². The molecule has 0 atom stereocenters. The van der Waals surface area contributed by atoms with Crippen LogP contribution in [0.5, 0.6) is 0 Å². The zero-order chi connectivity index (χ0) is 11.1. The van der Waals surface area contributed by atoms with E-state index in [1.165, 1.54) is 23.1 Å². The summed E-state index contributed by atoms with van der Waals surface area (Å²) < 4.78 is 0. The molecule has 0 aliphatic heterocycles. The molecule has 0 radical (unpaired) electrons. The highest BCUT2D eigenvalue weighted by atomic mass is 32.2. The van der Waals surface area contributed by atoms with E-state index in [0.717, 1.165) is 5.01 Å². The number of hydrogen-bond acceptors (Lipinski definition) is 6. The van der Waals surface area contributed by atoms with Crippen molar-refractivity contribution in [3.05, 3.63) is 5.01 Å². The van der Waals surface area contributed by atoms with Crippen LogP contribution in [0.4, 0.5) is 5.13 Å². The van der Waals surface area contributed by atoms with E-state index in [0.29, 0.717) is 23.1 Å². The lowest BCUT2D eigenvalue weighted by atomic mass is 10.6. The van der Waals surface area contributed by atoms with Crippen molar-refractivity contribution in [1.29, 1.82) is 5.26 Å². The molecule has 7 heteroatoms. The molecule has 15 heavy (non-hydrogen) atoms. The average Bonchev–Trinajstić information content (AvgIpc) is 2.59. The Labute approximate surface area is 95.9 Å². The van der Waals surface area contributed by atoms with Gasteiger partial charge in [0.05, 0.1) is 11.8 Å². The summed E-state index contributed by atoms with van der Waals surface area (Å²) in [7, 11) is 0. The lowest BCUT2D eigenvalue weighted by Crippen LogP contribution is -2.14. The third kappa shape index (κ3) is 4.76. The summed E-state index contributed by atoms with van der Waals surface area (Å²) in [6, 6.07) is 2.02. The van der Waals surface area contributed by atoms with E-state index in [1.807, 2.05) is 13.0 Å². The summed E-state index contributed by atoms with van der Waals surface area (Å²) in [6.45, 7) is 1.83. The number of rotatable bonds is 5. The van der Waals surface area contributed by atoms with Crippen molar-refractivity contribution in [2.45, 2.75) is 13.3 Å². The maximum atomic E-state index is 11.3. The molecule has 1 N–H and O–H groups in total. The number of nitrogens with one attached hydrogen (secondary N) is 1. The molecule has 1 rings (SSSR count). The minimum atomic E-state index is -0.103. The Morgan fingerprint density at radius 2 is 2.47 bits per heavy atom. The van der Waals surface area contributed by atoms with E-state index < -0.39 is 0 Å². The van der Waals surface area contributed by atoms with Crippen molar-refractivity contribution >= 4 is 34.1 Å². The molecule has 1 heterocycles. The van der Waals surface area contributed by atoms with E-state index in [4.69, 9.17) is 5.26 Å². The minimum Gasteiger partial charge on any atom is -0.300 e. The van der Waals surface area contributed by atoms with Crippen LogP contribution in [-0.2, 0) is 4.79 Å². The number of anilines is 1. The highest BCUT2D eigenvalue weighted by molar-refractivity contribution is 7.99. The van der Waals surface area contributed by atoms with Crippen molar-refractivity contribution in [3.63, 3.8) is 0 Å². The summed E-state index contributed by atoms with van der Waals surface area (Å²) in [4.78, 5) is 11.3. The first-order valence-corrected chi connectivity index (χ1v) is 6.24. The Kier molecular flexibility index (Phi) is 5.07. The van der Waals surface area contributed by atoms with E-state index >= 15 is 0 Å². The summed E-state index contributed by atoms with van der Waals surface area (Å²) in [6.07, 6.45) is 0.468. The number of aromatic nitrogens is 2. The van der Waals surface area contributed by atoms with Crippen LogP contribution >= 0.6 is 23.1 Å². The van der Waals surface area contributed by atoms with Gasteiger partial charge in [0.1, 0.15) is 5.01 Å². The fourth-order valence-electron chi connectivity index (χ4n) is 0.785. The quantitative estimate of drug-likeness (QED) is 0.790. The fourth-order valence-corrected chi connectivity index (χ4v) is 2.03. The molecule has 1 amide bonds. The molecular weight excluding hydrogens is 232 g/mol. The van der Waals surface area contributed by atoms with Crippen LogP contribution in [0.25, 0.3) is 0 Å². The van der Waals surface area contributed by atoms with Gasteiger partial charge in [-0.15, -0.1) is 10.2 Å². The third-order valence-electron chi connectivity index (χ3n) is 1.36. The van der Waals surface area contributed by atoms with Crippen molar-refractivity contribution in [1.82, 2.24) is 10.2 Å². The first-order chi connectivity index (χ1) is 7.22. The zero-order valence-electron chi connectivity index (χ0n) is 8.19. The second-order valence-corrected chi connectivity index (χ2v) is 4.92. The van der Waals surface area contributed by atoms with Gasteiger partial charge in [-0.1, -0.05) is 11.3 Å². The van der Waals surface area contributed by atoms with Gasteiger partial charge in [0.2, 0.25) is 11.0 Å². The highest BCUT2D eigenvalue weighted by Gasteiger charge is 2.05. The van der Waals surface area contributed by atoms with Crippen molar-refractivity contribution < 1.29 is 4.79 Å². The molecule has 80 valence electrons. The molecule has 1 aromatic rings. The molecule has 0 spiro atoms. The molecule has 1 aromatic heterocycles. The number of nitrogens with zero attached hydrogens (tertiary/aromatic N) is 3. The van der Waals surface area contributed by atoms with Gasteiger partial charge < -0.3 is 0 Å². The predicted octanol–water partition coefficient (Wildman–Crippen LogP) is 1.43. The van der Waals surface area contributed by atoms with Crippen LogP contribution in [0.1, 0.15) is 11.4 Å². The van der Waals surface area contributed by atoms with E-state index in [-0.39, 0.29) is 5.91 Å². The van der Waals surface area contributed by atoms with Crippen LogP contribution in [0.3, 0.4) is 0 Å². The van der Waals surface area contributed by atoms with Crippen molar-refractivity contribution in [2.24, 2.45) is 0 Å². The van der Waals surface area contributed by atoms with Crippen LogP contribution in [0, 0.1) is 18.3 Å². The molecule has 0 aromatic carbocycles. The topological polar surface area (TPSA) is 78.7 Å². The molecule has 0 bridgehead atoms. The van der Waals surface area contributed by atoms with E-state index in [2.05, 4.69) is 15.5 Å². The third-order valence-corrected chi connectivity index (χ3v) is 3.08. The molecule has 0 saturated carbocycles. The molecule has 0 fully saturated rings. The molecule has 0 unspecified atom stereocenters. The number of amides is 1. The predicted molar refractivity (Wildman–Crippen MR) is 60.8 cm³/mol. The van der Waals surface area contributed by atoms with E-state index in [9.17, 15) is 4.79 Å². The number of hydrogen-bond donors (Lipinski definition) is 1. The smallest absolute Gasteiger partial charge is 0.236 e. The van der Waals surface area contributed by atoms with Gasteiger partial charge in [-0.2, -0.15) is 17.0 Å². The average molecular weight is 242 g/mol. The Balaban J connectivity index is 2.22. The SMILES string of the molecule is Cc1nnc(NC(=O)CSCCC#N)s1. The minimum absolute atomic E-state index is 0.103. The standard InChI is InChI=1S/C8H10N4OS2/c1-6-11-12-8(15-6)10-7(13)5-14-4-2-3-9/h2,4-5H2,1H3,(H,10,12,13). The number of nitriles is 1. The molecule has 0 aliphatic rings. The fraction of sp³-hybridized carbons (Fsp3) is 0.500. The van der Waals surface area contributed by atoms with E-state index in [1.54, 1.807) is 0 Å². The maximum Gasteiger partial charge on any atom is 0.236 e. The molecule has 0 aliphatic carbocycles. The van der Waals surface area contributed by atoms with Gasteiger partial charge in [-0.05, 0) is 6.92 Å². The summed E-state index contributed by atoms with van der Waals surface area (Å²) in [5.41, 5.74) is 0. The Hall–Kier alpha value is -1.13. The van der Waals surface area contributed by atoms with Gasteiger partial charge in [-0.3, -0.25) is 10.1 Å². The van der Waals surface area contributed by atoms with Gasteiger partial charge >= 0.3 is 0 Å². The molecule has 0 saturated heterocycles. The Morgan fingerprint density at radius 3 is 3.07 bits per heavy atom. The lowest BCUT2D eigenvalue weighted by molar-refractivity contribution is -0.113.